The molecule has 0 saturated carbocycles. The Kier molecular flexibility index (Phi) is 3.55. The first-order valence-electron chi connectivity index (χ1n) is 9.32. The molecule has 4 nitrogen and oxygen atoms in total. The maximum absolute atomic E-state index is 13.8. The Morgan fingerprint density at radius 1 is 0.857 bits per heavy atom. The second-order valence-electron chi connectivity index (χ2n) is 7.28. The van der Waals surface area contributed by atoms with E-state index in [1.165, 1.54) is 11.8 Å². The fourth-order valence-corrected chi connectivity index (χ4v) is 4.76. The Bertz CT molecular complexity index is 1040. The van der Waals surface area contributed by atoms with Gasteiger partial charge >= 0.3 is 0 Å². The lowest BCUT2D eigenvalue weighted by Gasteiger charge is -2.56. The van der Waals surface area contributed by atoms with Crippen LogP contribution in [-0.2, 0) is 25.3 Å². The van der Waals surface area contributed by atoms with Gasteiger partial charge in [0.05, 0.1) is 17.7 Å². The number of carbonyl (C=O) groups excluding carboxylic acids is 2. The van der Waals surface area contributed by atoms with E-state index < -0.39 is 11.0 Å². The number of anilines is 1. The molecule has 1 spiro atoms. The van der Waals surface area contributed by atoms with Crippen LogP contribution in [0.4, 0.5) is 5.69 Å². The van der Waals surface area contributed by atoms with Crippen molar-refractivity contribution in [1.82, 2.24) is 0 Å². The number of ether oxygens (including phenoxy) is 1. The molecule has 0 aliphatic carbocycles. The van der Waals surface area contributed by atoms with Crippen molar-refractivity contribution in [3.8, 4) is 0 Å². The average molecular weight is 369 g/mol. The molecule has 1 atom stereocenters. The van der Waals surface area contributed by atoms with Gasteiger partial charge in [0.1, 0.15) is 0 Å². The number of carbonyl (C=O) groups is 2. The third-order valence-electron chi connectivity index (χ3n) is 5.98. The molecule has 2 heterocycles. The van der Waals surface area contributed by atoms with Crippen LogP contribution in [0.25, 0.3) is 0 Å². The molecule has 2 amide bonds. The highest BCUT2D eigenvalue weighted by molar-refractivity contribution is 6.23. The van der Waals surface area contributed by atoms with Gasteiger partial charge in [-0.15, -0.1) is 0 Å². The van der Waals surface area contributed by atoms with E-state index in [4.69, 9.17) is 4.74 Å². The predicted octanol–water partition coefficient (Wildman–Crippen LogP) is 3.79. The monoisotopic (exact) mass is 369 g/mol. The van der Waals surface area contributed by atoms with Crippen molar-refractivity contribution < 1.29 is 14.3 Å². The van der Waals surface area contributed by atoms with Crippen molar-refractivity contribution in [2.45, 2.75) is 17.9 Å². The zero-order valence-corrected chi connectivity index (χ0v) is 15.5. The van der Waals surface area contributed by atoms with E-state index in [1.807, 2.05) is 84.9 Å². The molecular weight excluding hydrogens is 350 g/mol. The first-order valence-corrected chi connectivity index (χ1v) is 9.32. The number of benzene rings is 3. The Morgan fingerprint density at radius 2 is 1.39 bits per heavy atom. The molecule has 0 aromatic heterocycles. The van der Waals surface area contributed by atoms with Crippen LogP contribution >= 0.6 is 0 Å². The molecule has 2 aliphatic heterocycles. The normalized spacial score (nSPS) is 22.0. The summed E-state index contributed by atoms with van der Waals surface area (Å²) in [5, 5.41) is 0. The van der Waals surface area contributed by atoms with Gasteiger partial charge in [0, 0.05) is 12.5 Å². The molecule has 138 valence electrons. The van der Waals surface area contributed by atoms with E-state index in [2.05, 4.69) is 0 Å². The van der Waals surface area contributed by atoms with Crippen LogP contribution < -0.4 is 4.90 Å². The third-order valence-corrected chi connectivity index (χ3v) is 5.98. The highest BCUT2D eigenvalue weighted by Gasteiger charge is 2.72. The number of rotatable bonds is 2. The molecule has 2 aliphatic rings. The van der Waals surface area contributed by atoms with Gasteiger partial charge in [-0.1, -0.05) is 78.9 Å². The van der Waals surface area contributed by atoms with E-state index in [0.29, 0.717) is 12.3 Å². The van der Waals surface area contributed by atoms with Crippen molar-refractivity contribution in [2.24, 2.45) is 0 Å². The van der Waals surface area contributed by atoms with Crippen molar-refractivity contribution in [3.63, 3.8) is 0 Å². The zero-order chi connectivity index (χ0) is 19.4. The van der Waals surface area contributed by atoms with Gasteiger partial charge in [-0.2, -0.15) is 0 Å². The number of para-hydroxylation sites is 1. The number of hydrogen-bond acceptors (Lipinski definition) is 3. The summed E-state index contributed by atoms with van der Waals surface area (Å²) < 4.78 is 6.18. The molecule has 3 aromatic rings. The van der Waals surface area contributed by atoms with Crippen LogP contribution in [-0.4, -0.2) is 18.4 Å². The summed E-state index contributed by atoms with van der Waals surface area (Å²) in [6.07, 6.45) is 0. The van der Waals surface area contributed by atoms with Crippen molar-refractivity contribution in [1.29, 1.82) is 0 Å². The quantitative estimate of drug-likeness (QED) is 0.690. The minimum Gasteiger partial charge on any atom is -0.357 e. The van der Waals surface area contributed by atoms with E-state index in [9.17, 15) is 9.59 Å². The van der Waals surface area contributed by atoms with Gasteiger partial charge < -0.3 is 4.74 Å². The smallest absolute Gasteiger partial charge is 0.272 e. The number of imide groups is 1. The van der Waals surface area contributed by atoms with Gasteiger partial charge in [0.25, 0.3) is 5.91 Å². The lowest BCUT2D eigenvalue weighted by Crippen LogP contribution is -2.68. The molecule has 0 N–H and O–H groups in total. The topological polar surface area (TPSA) is 46.6 Å². The lowest BCUT2D eigenvalue weighted by molar-refractivity contribution is -0.211. The van der Waals surface area contributed by atoms with Crippen LogP contribution in [0.3, 0.4) is 0 Å². The summed E-state index contributed by atoms with van der Waals surface area (Å²) >= 11 is 0. The van der Waals surface area contributed by atoms with Gasteiger partial charge in [0.15, 0.2) is 5.60 Å². The minimum absolute atomic E-state index is 0.306. The summed E-state index contributed by atoms with van der Waals surface area (Å²) in [7, 11) is 0. The molecule has 3 aromatic carbocycles. The molecule has 1 saturated heterocycles. The number of fused-ring (bicyclic) bond motifs is 2. The van der Waals surface area contributed by atoms with E-state index in [0.717, 1.165) is 16.7 Å². The zero-order valence-electron chi connectivity index (χ0n) is 15.5. The highest BCUT2D eigenvalue weighted by atomic mass is 16.5. The molecule has 5 rings (SSSR count). The van der Waals surface area contributed by atoms with Crippen LogP contribution in [0, 0.1) is 0 Å². The summed E-state index contributed by atoms with van der Waals surface area (Å²) in [6, 6.07) is 27.4. The van der Waals surface area contributed by atoms with Gasteiger partial charge in [-0.25, -0.2) is 4.90 Å². The standard InChI is InChI=1S/C24H19NO3/c1-17(26)25-21-15-9-8-14-20(21)24(22(25)27)23(16-28-24,18-10-4-2-5-11-18)19-12-6-3-7-13-19/h2-15H,16H2,1H3. The van der Waals surface area contributed by atoms with Crippen LogP contribution in [0.2, 0.25) is 0 Å². The SMILES string of the molecule is CC(=O)N1C(=O)C2(OCC2(c2ccccc2)c2ccccc2)c2ccccc21. The number of nitrogens with zero attached hydrogens (tertiary/aromatic N) is 1. The maximum Gasteiger partial charge on any atom is 0.272 e. The summed E-state index contributed by atoms with van der Waals surface area (Å²) in [5.41, 5.74) is 1.40. The second kappa shape index (κ2) is 5.88. The van der Waals surface area contributed by atoms with E-state index in [-0.39, 0.29) is 11.8 Å². The maximum atomic E-state index is 13.8. The van der Waals surface area contributed by atoms with Gasteiger partial charge in [0.2, 0.25) is 5.91 Å². The Labute approximate surface area is 163 Å². The fourth-order valence-electron chi connectivity index (χ4n) is 4.76. The van der Waals surface area contributed by atoms with E-state index in [1.54, 1.807) is 0 Å². The lowest BCUT2D eigenvalue weighted by atomic mass is 9.57. The highest BCUT2D eigenvalue weighted by Crippen LogP contribution is 2.62. The molecule has 28 heavy (non-hydrogen) atoms. The Hall–Kier alpha value is -3.24. The number of amides is 2. The van der Waals surface area contributed by atoms with Crippen molar-refractivity contribution >= 4 is 17.5 Å². The average Bonchev–Trinajstić information content (AvgIpc) is 2.99. The molecule has 0 bridgehead atoms. The Morgan fingerprint density at radius 3 is 1.89 bits per heavy atom. The summed E-state index contributed by atoms with van der Waals surface area (Å²) in [4.78, 5) is 27.4. The minimum atomic E-state index is -1.25. The molecule has 1 fully saturated rings. The van der Waals surface area contributed by atoms with Crippen LogP contribution in [0.1, 0.15) is 23.6 Å². The van der Waals surface area contributed by atoms with Crippen LogP contribution in [0.5, 0.6) is 0 Å². The van der Waals surface area contributed by atoms with Gasteiger partial charge in [-0.05, 0) is 17.2 Å². The van der Waals surface area contributed by atoms with Gasteiger partial charge in [-0.3, -0.25) is 9.59 Å². The third kappa shape index (κ3) is 1.88. The molecule has 4 heteroatoms. The summed E-state index contributed by atoms with van der Waals surface area (Å²) in [5.74, 6) is -0.625. The van der Waals surface area contributed by atoms with Crippen molar-refractivity contribution in [2.75, 3.05) is 11.5 Å². The molecular formula is C24H19NO3. The predicted molar refractivity (Wildman–Crippen MR) is 106 cm³/mol. The first-order chi connectivity index (χ1) is 13.6. The largest absolute Gasteiger partial charge is 0.357 e. The summed E-state index contributed by atoms with van der Waals surface area (Å²) in [6.45, 7) is 1.78. The first kappa shape index (κ1) is 16.9. The second-order valence-corrected chi connectivity index (χ2v) is 7.28. The number of hydrogen-bond donors (Lipinski definition) is 0. The molecule has 1 unspecified atom stereocenters. The van der Waals surface area contributed by atoms with Crippen LogP contribution in [0.15, 0.2) is 84.9 Å². The van der Waals surface area contributed by atoms with E-state index >= 15 is 0 Å². The fraction of sp³-hybridized carbons (Fsp3) is 0.167. The molecule has 0 radical (unpaired) electrons. The Balaban J connectivity index is 1.84. The van der Waals surface area contributed by atoms with Crippen molar-refractivity contribution in [3.05, 3.63) is 102 Å².